The largest absolute Gasteiger partial charge is 0.350 e. The predicted octanol–water partition coefficient (Wildman–Crippen LogP) is 3.28. The van der Waals surface area contributed by atoms with Crippen LogP contribution in [0.4, 0.5) is 11.4 Å². The highest BCUT2D eigenvalue weighted by molar-refractivity contribution is 6.44. The molecule has 2 amide bonds. The van der Waals surface area contributed by atoms with Gasteiger partial charge in [-0.25, -0.2) is 14.5 Å². The highest BCUT2D eigenvalue weighted by atomic mass is 16.2. The summed E-state index contributed by atoms with van der Waals surface area (Å²) in [5, 5.41) is 12.9. The molecule has 0 aliphatic carbocycles. The first kappa shape index (κ1) is 22.3. The van der Waals surface area contributed by atoms with Crippen molar-refractivity contribution in [2.24, 2.45) is 5.10 Å². The zero-order chi connectivity index (χ0) is 24.5. The van der Waals surface area contributed by atoms with Crippen LogP contribution in [-0.2, 0) is 16.1 Å². The topological polar surface area (TPSA) is 101 Å². The van der Waals surface area contributed by atoms with Crippen LogP contribution in [0.3, 0.4) is 0 Å². The van der Waals surface area contributed by atoms with Crippen molar-refractivity contribution in [3.05, 3.63) is 94.0 Å². The average Bonchev–Trinajstić information content (AvgIpc) is 3.16. The fourth-order valence-electron chi connectivity index (χ4n) is 4.05. The third kappa shape index (κ3) is 4.48. The summed E-state index contributed by atoms with van der Waals surface area (Å²) < 4.78 is 2.87. The first-order chi connectivity index (χ1) is 16.9. The monoisotopic (exact) mass is 468 g/mol. The second-order valence-corrected chi connectivity index (χ2v) is 8.57. The number of nitrogens with zero attached hydrogens (tertiary/aromatic N) is 5. The Bertz CT molecular complexity index is 1550. The number of anilines is 2. The van der Waals surface area contributed by atoms with E-state index in [9.17, 15) is 14.4 Å². The van der Waals surface area contributed by atoms with Gasteiger partial charge in [0.25, 0.3) is 5.91 Å². The van der Waals surface area contributed by atoms with E-state index in [0.29, 0.717) is 17.0 Å². The number of carbonyl (C=O) groups is 2. The van der Waals surface area contributed by atoms with Gasteiger partial charge in [0.05, 0.1) is 12.2 Å². The van der Waals surface area contributed by atoms with E-state index in [0.717, 1.165) is 16.7 Å². The molecule has 9 heteroatoms. The lowest BCUT2D eigenvalue weighted by molar-refractivity contribution is -0.118. The van der Waals surface area contributed by atoms with Gasteiger partial charge >= 0.3 is 5.69 Å². The van der Waals surface area contributed by atoms with Crippen LogP contribution in [-0.4, -0.2) is 31.7 Å². The van der Waals surface area contributed by atoms with Crippen molar-refractivity contribution in [3.63, 3.8) is 0 Å². The molecule has 0 atom stereocenters. The van der Waals surface area contributed by atoms with Gasteiger partial charge in [-0.2, -0.15) is 5.10 Å². The van der Waals surface area contributed by atoms with Crippen LogP contribution >= 0.6 is 0 Å². The fraction of sp³-hybridized carbons (Fsp3) is 0.192. The van der Waals surface area contributed by atoms with E-state index >= 15 is 0 Å². The van der Waals surface area contributed by atoms with Crippen molar-refractivity contribution in [1.82, 2.24) is 14.2 Å². The maximum atomic E-state index is 13.0. The third-order valence-corrected chi connectivity index (χ3v) is 5.89. The molecule has 1 N–H and O–H groups in total. The van der Waals surface area contributed by atoms with Gasteiger partial charge in [0, 0.05) is 24.7 Å². The minimum absolute atomic E-state index is 0.143. The minimum Gasteiger partial charge on any atom is -0.321 e. The van der Waals surface area contributed by atoms with E-state index in [-0.39, 0.29) is 42.6 Å². The number of nitrogens with one attached hydrogen (secondary N) is 1. The second-order valence-electron chi connectivity index (χ2n) is 8.57. The van der Waals surface area contributed by atoms with E-state index in [1.54, 1.807) is 36.5 Å². The standard InChI is InChI=1S/C26H24N6O3/c1-17-9-10-18(2)22(14-17)32-24(33)12-11-21(28-32)25(34)27-20-7-5-6-19(15-20)16-31-26(35)30-13-4-3-8-23(30)29-31/h3-10,13-15H,11-12,16H2,1-2H3,(H,27,34). The quantitative estimate of drug-likeness (QED) is 0.486. The van der Waals surface area contributed by atoms with Crippen molar-refractivity contribution < 1.29 is 9.59 Å². The van der Waals surface area contributed by atoms with Crippen LogP contribution in [0, 0.1) is 13.8 Å². The van der Waals surface area contributed by atoms with Crippen LogP contribution < -0.4 is 16.0 Å². The molecule has 4 aromatic rings. The zero-order valence-electron chi connectivity index (χ0n) is 19.4. The number of benzene rings is 2. The molecule has 5 rings (SSSR count). The second kappa shape index (κ2) is 9.02. The Hall–Kier alpha value is -4.53. The number of amides is 2. The number of pyridine rings is 1. The summed E-state index contributed by atoms with van der Waals surface area (Å²) in [5.74, 6) is -0.509. The van der Waals surface area contributed by atoms with Gasteiger partial charge in [0.15, 0.2) is 5.65 Å². The summed E-state index contributed by atoms with van der Waals surface area (Å²) in [6.45, 7) is 4.12. The number of fused-ring (bicyclic) bond motifs is 1. The van der Waals surface area contributed by atoms with Crippen LogP contribution in [0.15, 0.2) is 76.8 Å². The molecule has 2 aromatic heterocycles. The van der Waals surface area contributed by atoms with E-state index in [1.165, 1.54) is 14.1 Å². The lowest BCUT2D eigenvalue weighted by Gasteiger charge is -2.24. The summed E-state index contributed by atoms with van der Waals surface area (Å²) in [5.41, 5.74) is 4.60. The maximum Gasteiger partial charge on any atom is 0.350 e. The van der Waals surface area contributed by atoms with Crippen LogP contribution in [0.1, 0.15) is 29.5 Å². The highest BCUT2D eigenvalue weighted by Crippen LogP contribution is 2.25. The molecule has 0 bridgehead atoms. The van der Waals surface area contributed by atoms with Gasteiger partial charge in [-0.3, -0.25) is 14.0 Å². The summed E-state index contributed by atoms with van der Waals surface area (Å²) >= 11 is 0. The Morgan fingerprint density at radius 3 is 2.69 bits per heavy atom. The molecule has 0 spiro atoms. The van der Waals surface area contributed by atoms with Crippen molar-refractivity contribution in [3.8, 4) is 0 Å². The molecule has 1 aliphatic rings. The molecule has 176 valence electrons. The van der Waals surface area contributed by atoms with Gasteiger partial charge in [0.2, 0.25) is 5.91 Å². The van der Waals surface area contributed by atoms with E-state index < -0.39 is 0 Å². The van der Waals surface area contributed by atoms with Crippen LogP contribution in [0.2, 0.25) is 0 Å². The summed E-state index contributed by atoms with van der Waals surface area (Å²) in [4.78, 5) is 38.1. The lowest BCUT2D eigenvalue weighted by atomic mass is 10.1. The van der Waals surface area contributed by atoms with Gasteiger partial charge in [-0.05, 0) is 60.9 Å². The predicted molar refractivity (Wildman–Crippen MR) is 134 cm³/mol. The molecule has 35 heavy (non-hydrogen) atoms. The molecular weight excluding hydrogens is 444 g/mol. The zero-order valence-corrected chi connectivity index (χ0v) is 19.4. The van der Waals surface area contributed by atoms with E-state index in [1.807, 2.05) is 44.2 Å². The van der Waals surface area contributed by atoms with Gasteiger partial charge in [-0.15, -0.1) is 5.10 Å². The summed E-state index contributed by atoms with van der Waals surface area (Å²) in [6.07, 6.45) is 2.15. The molecule has 9 nitrogen and oxygen atoms in total. The number of hydrogen-bond donors (Lipinski definition) is 1. The van der Waals surface area contributed by atoms with Crippen molar-refractivity contribution in [1.29, 1.82) is 0 Å². The van der Waals surface area contributed by atoms with Crippen molar-refractivity contribution >= 4 is 34.5 Å². The Labute approximate surface area is 201 Å². The SMILES string of the molecule is Cc1ccc(C)c(N2N=C(C(=O)Nc3cccc(Cn4nc5ccccn5c4=O)c3)CCC2=O)c1. The molecule has 0 unspecified atom stereocenters. The molecule has 0 saturated heterocycles. The molecule has 0 saturated carbocycles. The smallest absolute Gasteiger partial charge is 0.321 e. The van der Waals surface area contributed by atoms with Gasteiger partial charge < -0.3 is 5.32 Å². The normalized spacial score (nSPS) is 13.7. The maximum absolute atomic E-state index is 13.0. The molecule has 0 radical (unpaired) electrons. The molecule has 3 heterocycles. The Morgan fingerprint density at radius 2 is 1.86 bits per heavy atom. The molecule has 0 fully saturated rings. The lowest BCUT2D eigenvalue weighted by Crippen LogP contribution is -2.36. The fourth-order valence-corrected chi connectivity index (χ4v) is 4.05. The average molecular weight is 469 g/mol. The Morgan fingerprint density at radius 1 is 1.00 bits per heavy atom. The number of aromatic nitrogens is 3. The Kier molecular flexibility index (Phi) is 5.74. The molecular formula is C26H24N6O3. The molecule has 2 aromatic carbocycles. The summed E-state index contributed by atoms with van der Waals surface area (Å²) in [7, 11) is 0. The van der Waals surface area contributed by atoms with E-state index in [2.05, 4.69) is 15.5 Å². The van der Waals surface area contributed by atoms with Gasteiger partial charge in [-0.1, -0.05) is 30.3 Å². The van der Waals surface area contributed by atoms with Crippen molar-refractivity contribution in [2.45, 2.75) is 33.2 Å². The first-order valence-corrected chi connectivity index (χ1v) is 11.3. The van der Waals surface area contributed by atoms with Crippen LogP contribution in [0.25, 0.3) is 5.65 Å². The van der Waals surface area contributed by atoms with Crippen LogP contribution in [0.5, 0.6) is 0 Å². The minimum atomic E-state index is -0.366. The first-order valence-electron chi connectivity index (χ1n) is 11.3. The highest BCUT2D eigenvalue weighted by Gasteiger charge is 2.26. The van der Waals surface area contributed by atoms with Crippen molar-refractivity contribution in [2.75, 3.05) is 10.3 Å². The number of hydrogen-bond acceptors (Lipinski definition) is 5. The number of hydrazone groups is 1. The number of carbonyl (C=O) groups excluding carboxylic acids is 2. The number of rotatable bonds is 5. The Balaban J connectivity index is 1.35. The molecule has 1 aliphatic heterocycles. The number of aryl methyl sites for hydroxylation is 2. The van der Waals surface area contributed by atoms with E-state index in [4.69, 9.17) is 0 Å². The third-order valence-electron chi connectivity index (χ3n) is 5.89. The van der Waals surface area contributed by atoms with Gasteiger partial charge in [0.1, 0.15) is 5.71 Å². The summed E-state index contributed by atoms with van der Waals surface area (Å²) in [6, 6.07) is 18.4.